The molecule has 1 heterocycles. The lowest BCUT2D eigenvalue weighted by atomic mass is 9.94. The van der Waals surface area contributed by atoms with Gasteiger partial charge in [0.05, 0.1) is 6.54 Å². The smallest absolute Gasteiger partial charge is 0.408 e. The first kappa shape index (κ1) is 22.3. The molecule has 1 aromatic carbocycles. The first-order valence-electron chi connectivity index (χ1n) is 10.7. The molecular formula is C23H34N4O3. The minimum absolute atomic E-state index is 0.428. The van der Waals surface area contributed by atoms with Crippen molar-refractivity contribution in [1.82, 2.24) is 20.8 Å². The Hall–Kier alpha value is -2.41. The Labute approximate surface area is 179 Å². The molecule has 30 heavy (non-hydrogen) atoms. The lowest BCUT2D eigenvalue weighted by Crippen LogP contribution is -2.44. The van der Waals surface area contributed by atoms with Gasteiger partial charge in [0.1, 0.15) is 11.1 Å². The topological polar surface area (TPSA) is 89.3 Å². The molecule has 1 fully saturated rings. The summed E-state index contributed by atoms with van der Waals surface area (Å²) in [5, 5.41) is 10.5. The van der Waals surface area contributed by atoms with Crippen LogP contribution in [0.2, 0.25) is 0 Å². The van der Waals surface area contributed by atoms with Crippen molar-refractivity contribution < 1.29 is 14.1 Å². The van der Waals surface area contributed by atoms with Crippen LogP contribution in [0, 0.1) is 5.92 Å². The van der Waals surface area contributed by atoms with Crippen molar-refractivity contribution in [2.75, 3.05) is 0 Å². The second kappa shape index (κ2) is 9.16. The van der Waals surface area contributed by atoms with E-state index in [2.05, 4.69) is 51.1 Å². The molecule has 164 valence electrons. The Kier molecular flexibility index (Phi) is 6.81. The second-order valence-corrected chi connectivity index (χ2v) is 9.63. The molecule has 2 aromatic rings. The first-order valence-corrected chi connectivity index (χ1v) is 10.7. The summed E-state index contributed by atoms with van der Waals surface area (Å²) in [4.78, 5) is 16.6. The summed E-state index contributed by atoms with van der Waals surface area (Å²) in [6.45, 7) is 9.65. The Morgan fingerprint density at radius 3 is 2.60 bits per heavy atom. The summed E-state index contributed by atoms with van der Waals surface area (Å²) >= 11 is 0. The number of carbonyl (C=O) groups is 1. The van der Waals surface area contributed by atoms with Crippen LogP contribution in [-0.2, 0) is 23.2 Å². The highest BCUT2D eigenvalue weighted by molar-refractivity contribution is 5.68. The van der Waals surface area contributed by atoms with E-state index in [9.17, 15) is 4.79 Å². The summed E-state index contributed by atoms with van der Waals surface area (Å²) in [5.74, 6) is 1.56. The maximum Gasteiger partial charge on any atom is 0.408 e. The summed E-state index contributed by atoms with van der Waals surface area (Å²) in [6, 6.07) is 11.1. The molecule has 1 saturated carbocycles. The van der Waals surface area contributed by atoms with Gasteiger partial charge in [-0.3, -0.25) is 0 Å². The third-order valence-corrected chi connectivity index (χ3v) is 5.36. The normalized spacial score (nSPS) is 19.6. The molecule has 0 aliphatic heterocycles. The third kappa shape index (κ3) is 6.29. The van der Waals surface area contributed by atoms with Crippen LogP contribution in [0.5, 0.6) is 0 Å². The maximum atomic E-state index is 12.1. The molecule has 0 saturated heterocycles. The van der Waals surface area contributed by atoms with Gasteiger partial charge in [-0.15, -0.1) is 0 Å². The fourth-order valence-electron chi connectivity index (χ4n) is 3.88. The van der Waals surface area contributed by atoms with E-state index in [1.165, 1.54) is 18.4 Å². The number of rotatable bonds is 7. The standard InChI is InChI=1S/C23H34N4O3/c1-22(2,3)29-21(28)26-23(4,5)20-25-19(30-27-20)15-24-18-13-9-12-17(18)14-16-10-7-6-8-11-16/h6-8,10-11,17-18,24H,9,12-15H2,1-5H3,(H,26,28)/t17-,18+/m0/s1. The fourth-order valence-corrected chi connectivity index (χ4v) is 3.88. The van der Waals surface area contributed by atoms with Crippen LogP contribution in [0.3, 0.4) is 0 Å². The minimum atomic E-state index is -0.798. The number of carbonyl (C=O) groups excluding carboxylic acids is 1. The van der Waals surface area contributed by atoms with Crippen LogP contribution >= 0.6 is 0 Å². The number of ether oxygens (including phenoxy) is 1. The van der Waals surface area contributed by atoms with Crippen molar-refractivity contribution in [3.8, 4) is 0 Å². The number of nitrogens with zero attached hydrogens (tertiary/aromatic N) is 2. The van der Waals surface area contributed by atoms with Crippen molar-refractivity contribution in [3.05, 3.63) is 47.6 Å². The average Bonchev–Trinajstić information content (AvgIpc) is 3.28. The summed E-state index contributed by atoms with van der Waals surface area (Å²) < 4.78 is 10.8. The van der Waals surface area contributed by atoms with Crippen molar-refractivity contribution in [1.29, 1.82) is 0 Å². The van der Waals surface area contributed by atoms with Crippen LogP contribution in [0.4, 0.5) is 4.79 Å². The predicted molar refractivity (Wildman–Crippen MR) is 115 cm³/mol. The number of hydrogen-bond donors (Lipinski definition) is 2. The van der Waals surface area contributed by atoms with Gasteiger partial charge in [-0.05, 0) is 65.4 Å². The number of alkyl carbamates (subject to hydrolysis) is 1. The van der Waals surface area contributed by atoms with E-state index in [1.807, 2.05) is 34.6 Å². The number of nitrogens with one attached hydrogen (secondary N) is 2. The number of aromatic nitrogens is 2. The van der Waals surface area contributed by atoms with Crippen LogP contribution in [0.1, 0.15) is 71.2 Å². The molecule has 7 nitrogen and oxygen atoms in total. The van der Waals surface area contributed by atoms with Crippen molar-refractivity contribution in [2.45, 2.75) is 84.0 Å². The molecule has 0 bridgehead atoms. The zero-order valence-electron chi connectivity index (χ0n) is 18.7. The minimum Gasteiger partial charge on any atom is -0.444 e. The molecular weight excluding hydrogens is 380 g/mol. The molecule has 3 rings (SSSR count). The highest BCUT2D eigenvalue weighted by Gasteiger charge is 2.32. The number of benzene rings is 1. The van der Waals surface area contributed by atoms with Gasteiger partial charge in [0.2, 0.25) is 5.89 Å². The molecule has 1 aliphatic carbocycles. The summed E-state index contributed by atoms with van der Waals surface area (Å²) in [6.07, 6.45) is 4.20. The van der Waals surface area contributed by atoms with Crippen LogP contribution in [-0.4, -0.2) is 27.9 Å². The fraction of sp³-hybridized carbons (Fsp3) is 0.609. The van der Waals surface area contributed by atoms with Gasteiger partial charge in [0, 0.05) is 6.04 Å². The second-order valence-electron chi connectivity index (χ2n) is 9.63. The molecule has 1 amide bonds. The van der Waals surface area contributed by atoms with Gasteiger partial charge in [-0.25, -0.2) is 4.79 Å². The van der Waals surface area contributed by atoms with Gasteiger partial charge < -0.3 is 19.9 Å². The Morgan fingerprint density at radius 2 is 1.90 bits per heavy atom. The lowest BCUT2D eigenvalue weighted by Gasteiger charge is -2.26. The molecule has 1 aromatic heterocycles. The van der Waals surface area contributed by atoms with Crippen molar-refractivity contribution >= 4 is 6.09 Å². The van der Waals surface area contributed by atoms with Crippen molar-refractivity contribution in [2.24, 2.45) is 5.92 Å². The van der Waals surface area contributed by atoms with E-state index in [1.54, 1.807) is 0 Å². The maximum absolute atomic E-state index is 12.1. The van der Waals surface area contributed by atoms with Gasteiger partial charge in [-0.1, -0.05) is 41.9 Å². The zero-order valence-corrected chi connectivity index (χ0v) is 18.7. The Balaban J connectivity index is 1.54. The quantitative estimate of drug-likeness (QED) is 0.701. The van der Waals surface area contributed by atoms with E-state index in [0.29, 0.717) is 30.2 Å². The lowest BCUT2D eigenvalue weighted by molar-refractivity contribution is 0.0465. The molecule has 2 atom stereocenters. The summed E-state index contributed by atoms with van der Waals surface area (Å²) in [7, 11) is 0. The van der Waals surface area contributed by atoms with Gasteiger partial charge in [0.25, 0.3) is 0 Å². The molecule has 0 spiro atoms. The Bertz CT molecular complexity index is 826. The highest BCUT2D eigenvalue weighted by Crippen LogP contribution is 2.29. The first-order chi connectivity index (χ1) is 14.1. The third-order valence-electron chi connectivity index (χ3n) is 5.36. The average molecular weight is 415 g/mol. The largest absolute Gasteiger partial charge is 0.444 e. The molecule has 2 N–H and O–H groups in total. The van der Waals surface area contributed by atoms with Crippen LogP contribution < -0.4 is 10.6 Å². The van der Waals surface area contributed by atoms with Crippen LogP contribution in [0.15, 0.2) is 34.9 Å². The van der Waals surface area contributed by atoms with E-state index in [4.69, 9.17) is 9.26 Å². The number of amides is 1. The van der Waals surface area contributed by atoms with Crippen molar-refractivity contribution in [3.63, 3.8) is 0 Å². The monoisotopic (exact) mass is 414 g/mol. The van der Waals surface area contributed by atoms with Gasteiger partial charge in [0.15, 0.2) is 5.82 Å². The van der Waals surface area contributed by atoms with E-state index < -0.39 is 17.2 Å². The zero-order chi connectivity index (χ0) is 21.8. The molecule has 0 unspecified atom stereocenters. The Morgan fingerprint density at radius 1 is 1.17 bits per heavy atom. The van der Waals surface area contributed by atoms with E-state index in [0.717, 1.165) is 12.8 Å². The van der Waals surface area contributed by atoms with Gasteiger partial charge >= 0.3 is 6.09 Å². The molecule has 0 radical (unpaired) electrons. The predicted octanol–water partition coefficient (Wildman–Crippen LogP) is 4.33. The van der Waals surface area contributed by atoms with E-state index in [-0.39, 0.29) is 0 Å². The molecule has 7 heteroatoms. The number of hydrogen-bond acceptors (Lipinski definition) is 6. The SMILES string of the molecule is CC(C)(C)OC(=O)NC(C)(C)c1noc(CN[C@@H]2CCC[C@H]2Cc2ccccc2)n1. The van der Waals surface area contributed by atoms with Gasteiger partial charge in [-0.2, -0.15) is 4.98 Å². The highest BCUT2D eigenvalue weighted by atomic mass is 16.6. The molecule has 1 aliphatic rings. The van der Waals surface area contributed by atoms with E-state index >= 15 is 0 Å². The summed E-state index contributed by atoms with van der Waals surface area (Å²) in [5.41, 5.74) is 0.0170. The van der Waals surface area contributed by atoms with Crippen LogP contribution in [0.25, 0.3) is 0 Å².